The molecule has 0 amide bonds. The zero-order valence-corrected chi connectivity index (χ0v) is 10.8. The van der Waals surface area contributed by atoms with Gasteiger partial charge >= 0.3 is 0 Å². The number of hydrogen-bond donors (Lipinski definition) is 0. The lowest BCUT2D eigenvalue weighted by atomic mass is 10.1. The monoisotopic (exact) mass is 313 g/mol. The smallest absolute Gasteiger partial charge is 0.228 e. The number of aliphatic imine (C=N–C) groups is 1. The van der Waals surface area contributed by atoms with Crippen molar-refractivity contribution < 1.29 is 16.8 Å². The van der Waals surface area contributed by atoms with Gasteiger partial charge in [0.05, 0.1) is 16.4 Å². The highest BCUT2D eigenvalue weighted by Crippen LogP contribution is 2.33. The number of hydrogen-bond acceptors (Lipinski definition) is 5. The van der Waals surface area contributed by atoms with Gasteiger partial charge in [0.1, 0.15) is 0 Å². The molecule has 0 bridgehead atoms. The molecule has 0 radical (unpaired) electrons. The van der Waals surface area contributed by atoms with Crippen LogP contribution in [-0.2, 0) is 19.7 Å². The normalized spacial score (nSPS) is 32.5. The lowest BCUT2D eigenvalue weighted by molar-refractivity contribution is 0.599. The van der Waals surface area contributed by atoms with E-state index in [0.29, 0.717) is 6.42 Å². The molecule has 0 saturated carbocycles. The first kappa shape index (κ1) is 11.3. The van der Waals surface area contributed by atoms with Gasteiger partial charge in [-0.25, -0.2) is 21.8 Å². The molecule has 1 atom stereocenters. The van der Waals surface area contributed by atoms with Crippen LogP contribution in [0.3, 0.4) is 0 Å². The van der Waals surface area contributed by atoms with Crippen molar-refractivity contribution in [3.63, 3.8) is 0 Å². The third-order valence-corrected chi connectivity index (χ3v) is 7.32. The molecule has 0 aliphatic carbocycles. The summed E-state index contributed by atoms with van der Waals surface area (Å²) in [5.41, 5.74) is 0. The first-order chi connectivity index (χ1) is 6.83. The van der Waals surface area contributed by atoms with Gasteiger partial charge in [0.15, 0.2) is 9.84 Å². The maximum atomic E-state index is 11.7. The summed E-state index contributed by atoms with van der Waals surface area (Å²) >= 11 is 2.84. The maximum Gasteiger partial charge on any atom is 0.228 e. The Bertz CT molecular complexity index is 558. The molecule has 1 saturated heterocycles. The second-order valence-electron chi connectivity index (χ2n) is 3.52. The minimum Gasteiger partial charge on any atom is -0.236 e. The van der Waals surface area contributed by atoms with Crippen LogP contribution in [-0.4, -0.2) is 32.3 Å². The van der Waals surface area contributed by atoms with Crippen LogP contribution in [0.15, 0.2) is 16.1 Å². The highest BCUT2D eigenvalue weighted by atomic mass is 79.9. The van der Waals surface area contributed by atoms with Crippen molar-refractivity contribution in [2.75, 3.05) is 11.5 Å². The average Bonchev–Trinajstić information content (AvgIpc) is 2.56. The fourth-order valence-corrected chi connectivity index (χ4v) is 5.45. The summed E-state index contributed by atoms with van der Waals surface area (Å²) in [5.74, 6) is -0.463. The molecule has 2 heterocycles. The zero-order valence-electron chi connectivity index (χ0n) is 7.55. The topological polar surface area (TPSA) is 80.6 Å². The van der Waals surface area contributed by atoms with Gasteiger partial charge in [0.25, 0.3) is 0 Å². The van der Waals surface area contributed by atoms with Gasteiger partial charge in [-0.1, -0.05) is 0 Å². The summed E-state index contributed by atoms with van der Waals surface area (Å²) in [6.07, 6.45) is 1.61. The first-order valence-electron chi connectivity index (χ1n) is 4.22. The molecule has 0 aromatic rings. The van der Waals surface area contributed by atoms with Crippen LogP contribution >= 0.6 is 15.9 Å². The number of sulfone groups is 2. The number of rotatable bonds is 1. The molecule has 1 fully saturated rings. The Kier molecular flexibility index (Phi) is 2.55. The largest absolute Gasteiger partial charge is 0.236 e. The fourth-order valence-electron chi connectivity index (χ4n) is 1.69. The Balaban J connectivity index is 2.31. The average molecular weight is 314 g/mol. The SMILES string of the molecule is O=S1(=O)CCC(C2=CN=C(Br)S2(=O)=O)C1. The van der Waals surface area contributed by atoms with E-state index in [2.05, 4.69) is 20.9 Å². The highest BCUT2D eigenvalue weighted by molar-refractivity contribution is 9.21. The molecule has 5 nitrogen and oxygen atoms in total. The van der Waals surface area contributed by atoms with E-state index in [-0.39, 0.29) is 20.4 Å². The van der Waals surface area contributed by atoms with Crippen molar-refractivity contribution in [1.29, 1.82) is 0 Å². The minimum absolute atomic E-state index is 0.0577. The van der Waals surface area contributed by atoms with E-state index in [1.54, 1.807) is 0 Å². The molecule has 0 aromatic carbocycles. The molecular formula is C7H8BrNO4S2. The molecule has 15 heavy (non-hydrogen) atoms. The van der Waals surface area contributed by atoms with Crippen LogP contribution in [0.4, 0.5) is 0 Å². The molecule has 0 N–H and O–H groups in total. The van der Waals surface area contributed by atoms with Gasteiger partial charge in [-0.3, -0.25) is 0 Å². The molecule has 2 aliphatic heterocycles. The third kappa shape index (κ3) is 1.90. The van der Waals surface area contributed by atoms with E-state index in [0.717, 1.165) is 0 Å². The van der Waals surface area contributed by atoms with Gasteiger partial charge in [-0.2, -0.15) is 0 Å². The molecule has 0 aromatic heterocycles. The standard InChI is InChI=1S/C7H8BrNO4S2/c8-7-9-3-6(15(7,12)13)5-1-2-14(10,11)4-5/h3,5H,1-2,4H2. The lowest BCUT2D eigenvalue weighted by Gasteiger charge is -2.07. The Morgan fingerprint density at radius 2 is 2.00 bits per heavy atom. The summed E-state index contributed by atoms with van der Waals surface area (Å²) in [4.78, 5) is 3.77. The van der Waals surface area contributed by atoms with Crippen molar-refractivity contribution in [2.24, 2.45) is 10.9 Å². The van der Waals surface area contributed by atoms with E-state index in [9.17, 15) is 16.8 Å². The highest BCUT2D eigenvalue weighted by Gasteiger charge is 2.39. The molecular weight excluding hydrogens is 306 g/mol. The lowest BCUT2D eigenvalue weighted by Crippen LogP contribution is -2.16. The van der Waals surface area contributed by atoms with Crippen LogP contribution in [0, 0.1) is 5.92 Å². The summed E-state index contributed by atoms with van der Waals surface area (Å²) in [6, 6.07) is 0. The van der Waals surface area contributed by atoms with Gasteiger partial charge in [0, 0.05) is 12.1 Å². The summed E-state index contributed by atoms with van der Waals surface area (Å²) in [7, 11) is -6.61. The fraction of sp³-hybridized carbons (Fsp3) is 0.571. The molecule has 2 rings (SSSR count). The van der Waals surface area contributed by atoms with Crippen molar-refractivity contribution in [3.05, 3.63) is 11.1 Å². The van der Waals surface area contributed by atoms with Crippen molar-refractivity contribution in [1.82, 2.24) is 0 Å². The number of halogens is 1. The molecule has 1 unspecified atom stereocenters. The van der Waals surface area contributed by atoms with Crippen LogP contribution in [0.25, 0.3) is 0 Å². The van der Waals surface area contributed by atoms with Gasteiger partial charge < -0.3 is 0 Å². The first-order valence-corrected chi connectivity index (χ1v) is 8.31. The van der Waals surface area contributed by atoms with Crippen molar-refractivity contribution >= 4 is 39.6 Å². The maximum absolute atomic E-state index is 11.7. The Morgan fingerprint density at radius 1 is 1.33 bits per heavy atom. The predicted octanol–water partition coefficient (Wildman–Crippen LogP) is 0.442. The molecule has 2 aliphatic rings. The second kappa shape index (κ2) is 3.39. The molecule has 84 valence electrons. The number of nitrogens with zero attached hydrogens (tertiary/aromatic N) is 1. The van der Waals surface area contributed by atoms with E-state index in [1.807, 2.05) is 0 Å². The van der Waals surface area contributed by atoms with Gasteiger partial charge in [0.2, 0.25) is 13.8 Å². The van der Waals surface area contributed by atoms with E-state index >= 15 is 0 Å². The Labute approximate surface area is 96.2 Å². The Hall–Kier alpha value is -0.210. The van der Waals surface area contributed by atoms with Crippen molar-refractivity contribution in [3.8, 4) is 0 Å². The quantitative estimate of drug-likeness (QED) is 0.703. The summed E-state index contributed by atoms with van der Waals surface area (Å²) < 4.78 is 45.6. The summed E-state index contributed by atoms with van der Waals surface area (Å²) in [5, 5.41) is 0. The van der Waals surface area contributed by atoms with E-state index < -0.39 is 25.6 Å². The van der Waals surface area contributed by atoms with Crippen LogP contribution in [0.2, 0.25) is 0 Å². The van der Waals surface area contributed by atoms with E-state index in [4.69, 9.17) is 0 Å². The molecule has 8 heteroatoms. The van der Waals surface area contributed by atoms with Crippen LogP contribution in [0.5, 0.6) is 0 Å². The molecule has 0 spiro atoms. The van der Waals surface area contributed by atoms with Gasteiger partial charge in [-0.05, 0) is 22.4 Å². The third-order valence-electron chi connectivity index (χ3n) is 2.46. The number of allylic oxidation sites excluding steroid dienone is 1. The predicted molar refractivity (Wildman–Crippen MR) is 60.1 cm³/mol. The minimum atomic E-state index is -3.54. The Morgan fingerprint density at radius 3 is 2.40 bits per heavy atom. The summed E-state index contributed by atoms with van der Waals surface area (Å²) in [6.45, 7) is 0. The second-order valence-corrected chi connectivity index (χ2v) is 8.89. The van der Waals surface area contributed by atoms with Gasteiger partial charge in [-0.15, -0.1) is 0 Å². The van der Waals surface area contributed by atoms with Crippen molar-refractivity contribution in [2.45, 2.75) is 6.42 Å². The van der Waals surface area contributed by atoms with Crippen LogP contribution in [0.1, 0.15) is 6.42 Å². The van der Waals surface area contributed by atoms with E-state index in [1.165, 1.54) is 6.20 Å². The zero-order chi connectivity index (χ0) is 11.3. The van der Waals surface area contributed by atoms with Crippen LogP contribution < -0.4 is 0 Å².